The van der Waals surface area contributed by atoms with Crippen LogP contribution in [0.3, 0.4) is 0 Å². The third kappa shape index (κ3) is 4.13. The molecule has 10 radical (unpaired) electrons. The molecule has 0 aromatic heterocycles. The number of thiocarbonyl (C=S) groups is 1. The maximum Gasteiger partial charge on any atom is 0.417 e. The topological polar surface area (TPSA) is 76.4 Å². The average Bonchev–Trinajstić information content (AvgIpc) is 2.96. The summed E-state index contributed by atoms with van der Waals surface area (Å²) in [5, 5.41) is 10.9. The number of anilines is 2. The lowest BCUT2D eigenvalue weighted by Crippen LogP contribution is -2.52. The molecule has 0 saturated carbocycles. The first kappa shape index (κ1) is 28.4. The van der Waals surface area contributed by atoms with Gasteiger partial charge in [0.05, 0.1) is 22.8 Å². The Kier molecular flexibility index (Phi) is 7.12. The number of rotatable bonds is 3. The predicted octanol–water partition coefficient (Wildman–Crippen LogP) is -2.04. The first-order chi connectivity index (χ1) is 16.9. The van der Waals surface area contributed by atoms with Crippen LogP contribution in [0.5, 0.6) is 0 Å². The Morgan fingerprint density at radius 1 is 1.08 bits per heavy atom. The SMILES string of the molecule is [B]c1cc(C#N)c(C(F)(F)F)c([B])c1N1C(=O)C(C)(C)N(c2c([B])c([B])c(C(=O)NC)c(F)c2[B])C1=S. The molecule has 37 heavy (non-hydrogen) atoms. The molecular weight excluding hydrogens is 502 g/mol. The van der Waals surface area contributed by atoms with Gasteiger partial charge in [-0.2, -0.15) is 18.4 Å². The highest BCUT2D eigenvalue weighted by Gasteiger charge is 2.52. The summed E-state index contributed by atoms with van der Waals surface area (Å²) in [6.07, 6.45) is -5.08. The van der Waals surface area contributed by atoms with E-state index in [1.807, 2.05) is 0 Å². The Hall–Kier alpha value is -3.20. The molecule has 1 fully saturated rings. The van der Waals surface area contributed by atoms with Gasteiger partial charge < -0.3 is 10.2 Å². The number of amides is 2. The van der Waals surface area contributed by atoms with Crippen molar-refractivity contribution in [2.24, 2.45) is 0 Å². The smallest absolute Gasteiger partial charge is 0.355 e. The fraction of sp³-hybridized carbons (Fsp3) is 0.238. The summed E-state index contributed by atoms with van der Waals surface area (Å²) in [4.78, 5) is 27.3. The summed E-state index contributed by atoms with van der Waals surface area (Å²) in [5.74, 6) is -3.12. The number of nitrogens with one attached hydrogen (secondary N) is 1. The number of hydrogen-bond donors (Lipinski definition) is 1. The number of nitrogens with zero attached hydrogens (tertiary/aromatic N) is 3. The molecule has 0 unspecified atom stereocenters. The summed E-state index contributed by atoms with van der Waals surface area (Å²) in [5.41, 5.74) is -8.92. The van der Waals surface area contributed by atoms with Gasteiger partial charge in [-0.05, 0) is 37.6 Å². The molecule has 3 rings (SSSR count). The van der Waals surface area contributed by atoms with Gasteiger partial charge in [-0.15, -0.1) is 0 Å². The molecule has 0 aliphatic carbocycles. The molecule has 2 aromatic carbocycles. The van der Waals surface area contributed by atoms with Crippen LogP contribution in [0.25, 0.3) is 0 Å². The van der Waals surface area contributed by atoms with Crippen molar-refractivity contribution in [2.75, 3.05) is 16.8 Å². The summed E-state index contributed by atoms with van der Waals surface area (Å²) in [6.45, 7) is 2.62. The van der Waals surface area contributed by atoms with Crippen LogP contribution in [-0.4, -0.2) is 68.7 Å². The molecule has 1 N–H and O–H groups in total. The van der Waals surface area contributed by atoms with E-state index in [4.69, 9.17) is 51.4 Å². The van der Waals surface area contributed by atoms with Crippen LogP contribution in [0, 0.1) is 17.1 Å². The molecule has 0 spiro atoms. The molecule has 2 amide bonds. The molecule has 0 bridgehead atoms. The number of alkyl halides is 3. The fourth-order valence-electron chi connectivity index (χ4n) is 4.08. The van der Waals surface area contributed by atoms with Gasteiger partial charge >= 0.3 is 6.18 Å². The second kappa shape index (κ2) is 9.28. The number of carbonyl (C=O) groups is 2. The van der Waals surface area contributed by atoms with Crippen molar-refractivity contribution in [1.29, 1.82) is 5.26 Å². The monoisotopic (exact) mass is 514 g/mol. The standard InChI is InChI=1S/C21H11B5F4N4O2S/c1-20(2)18(36)33(15-7(22)4-6(5-31)9(11(15)24)21(28,29)30)19(37)34(20)16-12(25)10(23)8(17(35)32-3)14(27)13(16)26/h4H,1-3H3,(H,32,35). The molecule has 1 aliphatic heterocycles. The van der Waals surface area contributed by atoms with E-state index in [1.54, 1.807) is 0 Å². The average molecular weight is 513 g/mol. The zero-order chi connectivity index (χ0) is 28.4. The minimum atomic E-state index is -5.08. The van der Waals surface area contributed by atoms with Crippen LogP contribution in [0.1, 0.15) is 35.3 Å². The first-order valence-corrected chi connectivity index (χ1v) is 10.6. The summed E-state index contributed by atoms with van der Waals surface area (Å²) < 4.78 is 56.5. The van der Waals surface area contributed by atoms with E-state index in [1.165, 1.54) is 27.0 Å². The van der Waals surface area contributed by atoms with Crippen molar-refractivity contribution in [2.45, 2.75) is 25.6 Å². The van der Waals surface area contributed by atoms with Crippen molar-refractivity contribution in [3.8, 4) is 6.07 Å². The van der Waals surface area contributed by atoms with Gasteiger partial charge in [0.15, 0.2) is 5.11 Å². The van der Waals surface area contributed by atoms with E-state index in [0.717, 1.165) is 4.90 Å². The van der Waals surface area contributed by atoms with Gasteiger partial charge in [0, 0.05) is 18.4 Å². The highest BCUT2D eigenvalue weighted by Crippen LogP contribution is 2.37. The van der Waals surface area contributed by atoms with E-state index in [9.17, 15) is 28.0 Å². The number of nitriles is 1. The molecule has 176 valence electrons. The van der Waals surface area contributed by atoms with Crippen LogP contribution in [-0.2, 0) is 11.0 Å². The van der Waals surface area contributed by atoms with Crippen molar-refractivity contribution in [3.63, 3.8) is 0 Å². The van der Waals surface area contributed by atoms with E-state index >= 15 is 4.39 Å². The second-order valence-corrected chi connectivity index (χ2v) is 8.80. The first-order valence-electron chi connectivity index (χ1n) is 10.2. The van der Waals surface area contributed by atoms with Crippen LogP contribution in [0.4, 0.5) is 28.9 Å². The molecule has 16 heteroatoms. The van der Waals surface area contributed by atoms with Crippen LogP contribution < -0.4 is 42.4 Å². The van der Waals surface area contributed by atoms with Crippen molar-refractivity contribution in [3.05, 3.63) is 28.6 Å². The van der Waals surface area contributed by atoms with Crippen molar-refractivity contribution >= 4 is 107 Å². The molecule has 2 aromatic rings. The lowest BCUT2D eigenvalue weighted by Gasteiger charge is -2.34. The highest BCUT2D eigenvalue weighted by atomic mass is 32.1. The Labute approximate surface area is 221 Å². The van der Waals surface area contributed by atoms with E-state index < -0.39 is 89.8 Å². The maximum atomic E-state index is 15.2. The largest absolute Gasteiger partial charge is 0.417 e. The Morgan fingerprint density at radius 3 is 2.14 bits per heavy atom. The summed E-state index contributed by atoms with van der Waals surface area (Å²) in [7, 11) is 30.9. The maximum absolute atomic E-state index is 15.2. The Bertz CT molecular complexity index is 1410. The lowest BCUT2D eigenvalue weighted by molar-refractivity contribution is -0.136. The molecule has 6 nitrogen and oxygen atoms in total. The fourth-order valence-corrected chi connectivity index (χ4v) is 4.57. The van der Waals surface area contributed by atoms with Gasteiger partial charge in [-0.3, -0.25) is 14.5 Å². The van der Waals surface area contributed by atoms with Gasteiger partial charge in [0.2, 0.25) is 0 Å². The van der Waals surface area contributed by atoms with Gasteiger partial charge in [0.1, 0.15) is 50.6 Å². The normalized spacial score (nSPS) is 15.2. The molecule has 1 heterocycles. The molecule has 1 aliphatic rings. The minimum absolute atomic E-state index is 0.393. The summed E-state index contributed by atoms with van der Waals surface area (Å²) in [6, 6.07) is 2.08. The number of benzene rings is 2. The van der Waals surface area contributed by atoms with E-state index in [2.05, 4.69) is 5.32 Å². The van der Waals surface area contributed by atoms with E-state index in [0.29, 0.717) is 11.0 Å². The Balaban J connectivity index is 2.34. The van der Waals surface area contributed by atoms with Crippen molar-refractivity contribution < 1.29 is 27.2 Å². The predicted molar refractivity (Wildman–Crippen MR) is 140 cm³/mol. The number of hydrogen-bond acceptors (Lipinski definition) is 4. The quantitative estimate of drug-likeness (QED) is 0.291. The summed E-state index contributed by atoms with van der Waals surface area (Å²) >= 11 is 5.40. The highest BCUT2D eigenvalue weighted by molar-refractivity contribution is 7.81. The van der Waals surface area contributed by atoms with Crippen LogP contribution >= 0.6 is 12.2 Å². The number of halogens is 4. The second-order valence-electron chi connectivity index (χ2n) is 8.44. The lowest BCUT2D eigenvalue weighted by atomic mass is 9.71. The molecule has 0 atom stereocenters. The van der Waals surface area contributed by atoms with Gasteiger partial charge in [0.25, 0.3) is 11.8 Å². The van der Waals surface area contributed by atoms with Gasteiger partial charge in [-0.25, -0.2) is 4.39 Å². The van der Waals surface area contributed by atoms with Gasteiger partial charge in [-0.1, -0.05) is 21.9 Å². The van der Waals surface area contributed by atoms with Crippen molar-refractivity contribution in [1.82, 2.24) is 5.32 Å². The van der Waals surface area contributed by atoms with Crippen LogP contribution in [0.2, 0.25) is 0 Å². The third-order valence-corrected chi connectivity index (χ3v) is 6.23. The minimum Gasteiger partial charge on any atom is -0.355 e. The molecule has 1 saturated heterocycles. The van der Waals surface area contributed by atoms with E-state index in [-0.39, 0.29) is 0 Å². The third-order valence-electron chi connectivity index (χ3n) is 5.87. The van der Waals surface area contributed by atoms with Crippen LogP contribution in [0.15, 0.2) is 6.07 Å². The number of carbonyl (C=O) groups excluding carboxylic acids is 2. The zero-order valence-electron chi connectivity index (χ0n) is 19.5. The molecular formula is C21H11B5F4N4O2S. The zero-order valence-corrected chi connectivity index (χ0v) is 20.4. The Morgan fingerprint density at radius 2 is 1.65 bits per heavy atom.